The molecule has 1 saturated heterocycles. The summed E-state index contributed by atoms with van der Waals surface area (Å²) in [4.78, 5) is 49.0. The average molecular weight is 420 g/mol. The number of carboxylic acid groups (broad SMARTS) is 1. The Kier molecular flexibility index (Phi) is 5.00. The van der Waals surface area contributed by atoms with Gasteiger partial charge in [0.15, 0.2) is 0 Å². The van der Waals surface area contributed by atoms with Crippen molar-refractivity contribution in [2.45, 2.75) is 13.5 Å². The van der Waals surface area contributed by atoms with Crippen LogP contribution in [0.1, 0.15) is 27.4 Å². The first-order chi connectivity index (χ1) is 14.8. The van der Waals surface area contributed by atoms with Crippen LogP contribution in [0.3, 0.4) is 0 Å². The van der Waals surface area contributed by atoms with Crippen LogP contribution < -0.4 is 5.32 Å². The first-order valence-corrected chi connectivity index (χ1v) is 9.19. The van der Waals surface area contributed by atoms with E-state index in [1.54, 1.807) is 37.3 Å². The van der Waals surface area contributed by atoms with Gasteiger partial charge in [0.25, 0.3) is 11.8 Å². The van der Waals surface area contributed by atoms with Crippen LogP contribution in [0.15, 0.2) is 63.1 Å². The average Bonchev–Trinajstić information content (AvgIpc) is 3.40. The monoisotopic (exact) mass is 420 g/mol. The van der Waals surface area contributed by atoms with E-state index in [0.29, 0.717) is 22.6 Å². The lowest BCUT2D eigenvalue weighted by Gasteiger charge is -2.25. The fourth-order valence-corrected chi connectivity index (χ4v) is 3.19. The number of carbonyl (C=O) groups is 4. The molecule has 0 saturated carbocycles. The second-order valence-electron chi connectivity index (χ2n) is 6.82. The SMILES string of the molecule is Cc1cc(C(=O)O)ccc1-c1ccc(C=C2C(=O)NC(=O)N(Cc3ccco3)C2=O)o1. The molecule has 2 N–H and O–H groups in total. The van der Waals surface area contributed by atoms with Gasteiger partial charge in [-0.25, -0.2) is 9.59 Å². The Morgan fingerprint density at radius 2 is 1.97 bits per heavy atom. The standard InChI is InChI=1S/C22H16N2O7/c1-12-9-13(21(27)28)4-6-16(12)18-7-5-14(31-18)10-17-19(25)23-22(29)24(20(17)26)11-15-3-2-8-30-15/h2-10H,11H2,1H3,(H,27,28)(H,23,25,29). The number of rotatable bonds is 5. The van der Waals surface area contributed by atoms with Crippen LogP contribution in [-0.2, 0) is 16.1 Å². The third-order valence-electron chi connectivity index (χ3n) is 4.73. The Balaban J connectivity index is 1.61. The number of aromatic carboxylic acids is 1. The molecule has 9 nitrogen and oxygen atoms in total. The summed E-state index contributed by atoms with van der Waals surface area (Å²) in [6, 6.07) is 10.2. The fraction of sp³-hybridized carbons (Fsp3) is 0.0909. The molecule has 9 heteroatoms. The van der Waals surface area contributed by atoms with Crippen LogP contribution in [0.2, 0.25) is 0 Å². The zero-order valence-corrected chi connectivity index (χ0v) is 16.2. The van der Waals surface area contributed by atoms with Crippen molar-refractivity contribution in [3.8, 4) is 11.3 Å². The lowest BCUT2D eigenvalue weighted by atomic mass is 10.0. The van der Waals surface area contributed by atoms with Crippen LogP contribution >= 0.6 is 0 Å². The molecule has 0 atom stereocenters. The summed E-state index contributed by atoms with van der Waals surface area (Å²) in [5.74, 6) is -1.58. The zero-order chi connectivity index (χ0) is 22.1. The lowest BCUT2D eigenvalue weighted by molar-refractivity contribution is -0.130. The van der Waals surface area contributed by atoms with Gasteiger partial charge in [0.1, 0.15) is 22.9 Å². The summed E-state index contributed by atoms with van der Waals surface area (Å²) < 4.78 is 10.9. The molecule has 156 valence electrons. The van der Waals surface area contributed by atoms with E-state index in [9.17, 15) is 19.2 Å². The summed E-state index contributed by atoms with van der Waals surface area (Å²) >= 11 is 0. The highest BCUT2D eigenvalue weighted by Crippen LogP contribution is 2.28. The Bertz CT molecular complexity index is 1230. The number of carbonyl (C=O) groups excluding carboxylic acids is 3. The van der Waals surface area contributed by atoms with Crippen molar-refractivity contribution in [3.63, 3.8) is 0 Å². The van der Waals surface area contributed by atoms with Gasteiger partial charge < -0.3 is 13.9 Å². The first kappa shape index (κ1) is 19.9. The van der Waals surface area contributed by atoms with Crippen molar-refractivity contribution < 1.29 is 33.1 Å². The van der Waals surface area contributed by atoms with Crippen molar-refractivity contribution >= 4 is 29.9 Å². The van der Waals surface area contributed by atoms with Gasteiger partial charge in [-0.3, -0.25) is 19.8 Å². The van der Waals surface area contributed by atoms with E-state index < -0.39 is 23.8 Å². The van der Waals surface area contributed by atoms with E-state index in [4.69, 9.17) is 13.9 Å². The zero-order valence-electron chi connectivity index (χ0n) is 16.2. The normalized spacial score (nSPS) is 15.5. The summed E-state index contributed by atoms with van der Waals surface area (Å²) in [6.45, 7) is 1.62. The summed E-state index contributed by atoms with van der Waals surface area (Å²) in [7, 11) is 0. The van der Waals surface area contributed by atoms with E-state index >= 15 is 0 Å². The molecule has 1 aliphatic heterocycles. The van der Waals surface area contributed by atoms with E-state index in [2.05, 4.69) is 5.32 Å². The first-order valence-electron chi connectivity index (χ1n) is 9.19. The van der Waals surface area contributed by atoms with Crippen LogP contribution in [0, 0.1) is 6.92 Å². The molecule has 0 spiro atoms. The van der Waals surface area contributed by atoms with Crippen molar-refractivity contribution in [3.05, 3.63) is 76.9 Å². The highest BCUT2D eigenvalue weighted by Gasteiger charge is 2.36. The number of carboxylic acids is 1. The highest BCUT2D eigenvalue weighted by atomic mass is 16.4. The van der Waals surface area contributed by atoms with Crippen molar-refractivity contribution in [1.82, 2.24) is 10.2 Å². The van der Waals surface area contributed by atoms with Crippen molar-refractivity contribution in [2.75, 3.05) is 0 Å². The number of hydrogen-bond acceptors (Lipinski definition) is 6. The Morgan fingerprint density at radius 1 is 1.16 bits per heavy atom. The van der Waals surface area contributed by atoms with Gasteiger partial charge in [0, 0.05) is 5.56 Å². The molecule has 4 amide bonds. The number of imide groups is 2. The molecule has 31 heavy (non-hydrogen) atoms. The molecule has 0 bridgehead atoms. The molecule has 1 aliphatic rings. The molecule has 0 unspecified atom stereocenters. The minimum atomic E-state index is -1.03. The number of furan rings is 2. The second-order valence-corrected chi connectivity index (χ2v) is 6.82. The van der Waals surface area contributed by atoms with Gasteiger partial charge >= 0.3 is 12.0 Å². The molecular weight excluding hydrogens is 404 g/mol. The van der Waals surface area contributed by atoms with E-state index in [-0.39, 0.29) is 23.4 Å². The molecule has 3 aromatic rings. The van der Waals surface area contributed by atoms with Gasteiger partial charge in [-0.2, -0.15) is 0 Å². The minimum Gasteiger partial charge on any atom is -0.478 e. The number of nitrogens with one attached hydrogen (secondary N) is 1. The van der Waals surface area contributed by atoms with E-state index in [1.807, 2.05) is 0 Å². The molecule has 1 aromatic carbocycles. The third kappa shape index (κ3) is 3.88. The van der Waals surface area contributed by atoms with Gasteiger partial charge in [-0.1, -0.05) is 6.07 Å². The third-order valence-corrected chi connectivity index (χ3v) is 4.73. The lowest BCUT2D eigenvalue weighted by Crippen LogP contribution is -2.53. The van der Waals surface area contributed by atoms with Gasteiger partial charge in [-0.15, -0.1) is 0 Å². The predicted octanol–water partition coefficient (Wildman–Crippen LogP) is 3.21. The molecule has 2 aromatic heterocycles. The van der Waals surface area contributed by atoms with Crippen molar-refractivity contribution in [2.24, 2.45) is 0 Å². The van der Waals surface area contributed by atoms with E-state index in [0.717, 1.165) is 4.90 Å². The smallest absolute Gasteiger partial charge is 0.335 e. The number of amides is 4. The van der Waals surface area contributed by atoms with Crippen LogP contribution in [0.4, 0.5) is 4.79 Å². The van der Waals surface area contributed by atoms with Crippen LogP contribution in [-0.4, -0.2) is 33.8 Å². The van der Waals surface area contributed by atoms with Gasteiger partial charge in [-0.05, 0) is 55.0 Å². The predicted molar refractivity (Wildman–Crippen MR) is 107 cm³/mol. The van der Waals surface area contributed by atoms with Crippen LogP contribution in [0.25, 0.3) is 17.4 Å². The number of benzene rings is 1. The molecule has 4 rings (SSSR count). The molecular formula is C22H16N2O7. The number of aryl methyl sites for hydroxylation is 1. The maximum absolute atomic E-state index is 12.7. The molecule has 0 radical (unpaired) electrons. The quantitative estimate of drug-likeness (QED) is 0.479. The number of urea groups is 1. The maximum Gasteiger partial charge on any atom is 0.335 e. The second kappa shape index (κ2) is 7.79. The van der Waals surface area contributed by atoms with E-state index in [1.165, 1.54) is 24.5 Å². The van der Waals surface area contributed by atoms with Crippen LogP contribution in [0.5, 0.6) is 0 Å². The Morgan fingerprint density at radius 3 is 2.65 bits per heavy atom. The summed E-state index contributed by atoms with van der Waals surface area (Å²) in [5.41, 5.74) is 1.25. The Labute approximate surface area is 175 Å². The molecule has 0 aliphatic carbocycles. The maximum atomic E-state index is 12.7. The fourth-order valence-electron chi connectivity index (χ4n) is 3.19. The highest BCUT2D eigenvalue weighted by molar-refractivity contribution is 6.30. The largest absolute Gasteiger partial charge is 0.478 e. The number of nitrogens with zero attached hydrogens (tertiary/aromatic N) is 1. The molecule has 3 heterocycles. The summed E-state index contributed by atoms with van der Waals surface area (Å²) in [5, 5.41) is 11.2. The topological polar surface area (TPSA) is 130 Å². The molecule has 1 fully saturated rings. The number of hydrogen-bond donors (Lipinski definition) is 2. The minimum absolute atomic E-state index is 0.124. The number of barbiturate groups is 1. The van der Waals surface area contributed by atoms with Gasteiger partial charge in [0.2, 0.25) is 0 Å². The summed E-state index contributed by atoms with van der Waals surface area (Å²) in [6.07, 6.45) is 2.67. The van der Waals surface area contributed by atoms with Gasteiger partial charge in [0.05, 0.1) is 18.4 Å². The van der Waals surface area contributed by atoms with Crippen molar-refractivity contribution in [1.29, 1.82) is 0 Å². The Hall–Kier alpha value is -4.40.